The minimum absolute atomic E-state index is 0.171. The fourth-order valence-electron chi connectivity index (χ4n) is 3.07. The summed E-state index contributed by atoms with van der Waals surface area (Å²) in [5, 5.41) is 17.4. The maximum absolute atomic E-state index is 12.5. The molecule has 0 unspecified atom stereocenters. The van der Waals surface area contributed by atoms with Crippen molar-refractivity contribution in [2.45, 2.75) is 25.7 Å². The number of benzene rings is 1. The Kier molecular flexibility index (Phi) is 4.49. The number of anilines is 1. The molecule has 0 fully saturated rings. The number of rotatable bonds is 3. The lowest BCUT2D eigenvalue weighted by atomic mass is 9.96. The van der Waals surface area contributed by atoms with E-state index >= 15 is 0 Å². The topological polar surface area (TPSA) is 78.9 Å². The number of carbonyl (C=O) groups excluding carboxylic acids is 1. The standard InChI is InChI=1S/C19H14ClN3O2S/c20-12-7-5-11(6-8-12)16-9-15(23-25-16)18(24)22-19-14(10-21)13-3-1-2-4-17(13)26-19/h5-9H,1-4H2,(H,22,24). The maximum atomic E-state index is 12.5. The lowest BCUT2D eigenvalue weighted by Crippen LogP contribution is -2.12. The third kappa shape index (κ3) is 3.12. The Hall–Kier alpha value is -2.62. The molecule has 130 valence electrons. The molecule has 4 rings (SSSR count). The van der Waals surface area contributed by atoms with E-state index in [9.17, 15) is 10.1 Å². The molecule has 0 radical (unpaired) electrons. The van der Waals surface area contributed by atoms with E-state index in [1.807, 2.05) is 0 Å². The second kappa shape index (κ2) is 6.94. The van der Waals surface area contributed by atoms with Gasteiger partial charge in [0.1, 0.15) is 11.1 Å². The van der Waals surface area contributed by atoms with Gasteiger partial charge in [0.05, 0.1) is 5.56 Å². The molecular weight excluding hydrogens is 370 g/mol. The van der Waals surface area contributed by atoms with Crippen molar-refractivity contribution in [3.63, 3.8) is 0 Å². The van der Waals surface area contributed by atoms with Crippen molar-refractivity contribution in [1.29, 1.82) is 5.26 Å². The van der Waals surface area contributed by atoms with Gasteiger partial charge in [-0.2, -0.15) is 5.26 Å². The van der Waals surface area contributed by atoms with Gasteiger partial charge in [-0.15, -0.1) is 11.3 Å². The summed E-state index contributed by atoms with van der Waals surface area (Å²) in [5.41, 5.74) is 2.62. The molecule has 1 aromatic carbocycles. The summed E-state index contributed by atoms with van der Waals surface area (Å²) in [7, 11) is 0. The molecule has 0 spiro atoms. The first kappa shape index (κ1) is 16.8. The second-order valence-electron chi connectivity index (χ2n) is 6.06. The summed E-state index contributed by atoms with van der Waals surface area (Å²) in [6, 6.07) is 10.9. The Morgan fingerprint density at radius 1 is 1.27 bits per heavy atom. The fraction of sp³-hybridized carbons (Fsp3) is 0.211. The Bertz CT molecular complexity index is 1010. The number of nitrogens with zero attached hydrogens (tertiary/aromatic N) is 2. The van der Waals surface area contributed by atoms with E-state index in [1.165, 1.54) is 16.2 Å². The molecule has 0 aliphatic heterocycles. The van der Waals surface area contributed by atoms with E-state index in [0.717, 1.165) is 36.8 Å². The summed E-state index contributed by atoms with van der Waals surface area (Å²) in [5.74, 6) is 0.0989. The normalized spacial score (nSPS) is 13.1. The van der Waals surface area contributed by atoms with Gasteiger partial charge in [0.15, 0.2) is 11.5 Å². The zero-order chi connectivity index (χ0) is 18.1. The highest BCUT2D eigenvalue weighted by Crippen LogP contribution is 2.37. The van der Waals surface area contributed by atoms with Gasteiger partial charge in [-0.1, -0.05) is 16.8 Å². The lowest BCUT2D eigenvalue weighted by Gasteiger charge is -2.09. The van der Waals surface area contributed by atoms with E-state index in [0.29, 0.717) is 21.3 Å². The van der Waals surface area contributed by atoms with Gasteiger partial charge in [-0.3, -0.25) is 4.79 Å². The number of hydrogen-bond acceptors (Lipinski definition) is 5. The minimum Gasteiger partial charge on any atom is -0.355 e. The summed E-state index contributed by atoms with van der Waals surface area (Å²) in [6.07, 6.45) is 4.07. The molecule has 0 atom stereocenters. The van der Waals surface area contributed by atoms with Gasteiger partial charge in [0, 0.05) is 21.5 Å². The number of fused-ring (bicyclic) bond motifs is 1. The van der Waals surface area contributed by atoms with Crippen LogP contribution in [0.4, 0.5) is 5.00 Å². The van der Waals surface area contributed by atoms with Crippen molar-refractivity contribution >= 4 is 33.8 Å². The van der Waals surface area contributed by atoms with Crippen LogP contribution in [0.1, 0.15) is 39.3 Å². The number of carbonyl (C=O) groups is 1. The van der Waals surface area contributed by atoms with Gasteiger partial charge in [0.2, 0.25) is 0 Å². The molecule has 1 aliphatic rings. The van der Waals surface area contributed by atoms with Crippen LogP contribution in [0.5, 0.6) is 0 Å². The smallest absolute Gasteiger partial charge is 0.278 e. The van der Waals surface area contributed by atoms with Crippen LogP contribution in [-0.4, -0.2) is 11.1 Å². The number of nitriles is 1. The molecular formula is C19H14ClN3O2S. The number of amides is 1. The van der Waals surface area contributed by atoms with Crippen LogP contribution in [0.3, 0.4) is 0 Å². The van der Waals surface area contributed by atoms with Crippen LogP contribution in [0.25, 0.3) is 11.3 Å². The van der Waals surface area contributed by atoms with Crippen molar-refractivity contribution in [2.24, 2.45) is 0 Å². The largest absolute Gasteiger partial charge is 0.355 e. The highest BCUT2D eigenvalue weighted by atomic mass is 35.5. The molecule has 1 aliphatic carbocycles. The van der Waals surface area contributed by atoms with Crippen molar-refractivity contribution in [2.75, 3.05) is 5.32 Å². The molecule has 1 N–H and O–H groups in total. The molecule has 26 heavy (non-hydrogen) atoms. The third-order valence-corrected chi connectivity index (χ3v) is 5.84. The number of nitrogens with one attached hydrogen (secondary N) is 1. The molecule has 0 bridgehead atoms. The summed E-state index contributed by atoms with van der Waals surface area (Å²) < 4.78 is 5.27. The lowest BCUT2D eigenvalue weighted by molar-refractivity contribution is 0.101. The van der Waals surface area contributed by atoms with E-state index in [4.69, 9.17) is 16.1 Å². The molecule has 5 nitrogen and oxygen atoms in total. The van der Waals surface area contributed by atoms with Crippen molar-refractivity contribution in [1.82, 2.24) is 5.16 Å². The van der Waals surface area contributed by atoms with E-state index < -0.39 is 0 Å². The van der Waals surface area contributed by atoms with Crippen molar-refractivity contribution < 1.29 is 9.32 Å². The predicted molar refractivity (Wildman–Crippen MR) is 101 cm³/mol. The zero-order valence-corrected chi connectivity index (χ0v) is 15.3. The highest BCUT2D eigenvalue weighted by molar-refractivity contribution is 7.16. The van der Waals surface area contributed by atoms with Gasteiger partial charge in [-0.25, -0.2) is 0 Å². The van der Waals surface area contributed by atoms with E-state index in [-0.39, 0.29) is 11.6 Å². The average Bonchev–Trinajstić information content (AvgIpc) is 3.26. The summed E-state index contributed by atoms with van der Waals surface area (Å²) in [4.78, 5) is 13.7. The Balaban J connectivity index is 1.57. The Morgan fingerprint density at radius 3 is 2.81 bits per heavy atom. The van der Waals surface area contributed by atoms with Crippen LogP contribution in [0, 0.1) is 11.3 Å². The van der Waals surface area contributed by atoms with Gasteiger partial charge >= 0.3 is 0 Å². The first-order valence-corrected chi connectivity index (χ1v) is 9.44. The molecule has 0 saturated heterocycles. The van der Waals surface area contributed by atoms with Gasteiger partial charge in [0.25, 0.3) is 5.91 Å². The second-order valence-corrected chi connectivity index (χ2v) is 7.61. The summed E-state index contributed by atoms with van der Waals surface area (Å²) in [6.45, 7) is 0. The number of aryl methyl sites for hydroxylation is 1. The average molecular weight is 384 g/mol. The van der Waals surface area contributed by atoms with Crippen molar-refractivity contribution in [3.8, 4) is 17.4 Å². The number of halogens is 1. The fourth-order valence-corrected chi connectivity index (χ4v) is 4.43. The van der Waals surface area contributed by atoms with E-state index in [1.54, 1.807) is 30.3 Å². The minimum atomic E-state index is -0.385. The number of aromatic nitrogens is 1. The van der Waals surface area contributed by atoms with Crippen LogP contribution >= 0.6 is 22.9 Å². The number of hydrogen-bond donors (Lipinski definition) is 1. The Morgan fingerprint density at radius 2 is 2.04 bits per heavy atom. The molecule has 3 aromatic rings. The number of thiophene rings is 1. The highest BCUT2D eigenvalue weighted by Gasteiger charge is 2.23. The molecule has 2 aromatic heterocycles. The molecule has 1 amide bonds. The molecule has 0 saturated carbocycles. The van der Waals surface area contributed by atoms with Gasteiger partial charge in [-0.05, 0) is 55.5 Å². The van der Waals surface area contributed by atoms with Crippen LogP contribution in [0.2, 0.25) is 5.02 Å². The van der Waals surface area contributed by atoms with Crippen molar-refractivity contribution in [3.05, 3.63) is 57.1 Å². The van der Waals surface area contributed by atoms with Crippen LogP contribution < -0.4 is 5.32 Å². The maximum Gasteiger partial charge on any atom is 0.278 e. The quantitative estimate of drug-likeness (QED) is 0.685. The molecule has 7 heteroatoms. The third-order valence-electron chi connectivity index (χ3n) is 4.38. The van der Waals surface area contributed by atoms with Crippen LogP contribution in [-0.2, 0) is 12.8 Å². The van der Waals surface area contributed by atoms with Crippen LogP contribution in [0.15, 0.2) is 34.9 Å². The van der Waals surface area contributed by atoms with Gasteiger partial charge < -0.3 is 9.84 Å². The summed E-state index contributed by atoms with van der Waals surface area (Å²) >= 11 is 7.37. The Labute approximate surface area is 159 Å². The molecule has 2 heterocycles. The SMILES string of the molecule is N#Cc1c(NC(=O)c2cc(-c3ccc(Cl)cc3)on2)sc2c1CCCC2. The predicted octanol–water partition coefficient (Wildman–Crippen LogP) is 5.06. The van der Waals surface area contributed by atoms with E-state index in [2.05, 4.69) is 16.5 Å². The monoisotopic (exact) mass is 383 g/mol. The first-order valence-electron chi connectivity index (χ1n) is 8.24. The first-order chi connectivity index (χ1) is 12.7. The zero-order valence-electron chi connectivity index (χ0n) is 13.7.